The molecular formula is C20H19N3O3. The number of nitrogens with zero attached hydrogens (tertiary/aromatic N) is 3. The number of oxazole rings is 1. The van der Waals surface area contributed by atoms with Crippen LogP contribution in [0.4, 0.5) is 0 Å². The number of rotatable bonds is 2. The molecule has 0 saturated heterocycles. The van der Waals surface area contributed by atoms with Crippen LogP contribution in [-0.4, -0.2) is 33.4 Å². The number of benzene rings is 1. The van der Waals surface area contributed by atoms with Crippen molar-refractivity contribution in [2.45, 2.75) is 26.4 Å². The molecule has 1 atom stereocenters. The van der Waals surface area contributed by atoms with E-state index in [0.29, 0.717) is 18.8 Å². The predicted octanol–water partition coefficient (Wildman–Crippen LogP) is 3.47. The molecule has 6 heteroatoms. The second kappa shape index (κ2) is 6.63. The minimum absolute atomic E-state index is 0.0822. The zero-order valence-electron chi connectivity index (χ0n) is 14.7. The van der Waals surface area contributed by atoms with Crippen LogP contribution in [-0.2, 0) is 6.54 Å². The summed E-state index contributed by atoms with van der Waals surface area (Å²) in [5, 5.41) is 0. The summed E-state index contributed by atoms with van der Waals surface area (Å²) >= 11 is 0. The van der Waals surface area contributed by atoms with Crippen LogP contribution in [0.15, 0.2) is 53.5 Å². The molecule has 0 spiro atoms. The van der Waals surface area contributed by atoms with Crippen molar-refractivity contribution >= 4 is 5.91 Å². The molecule has 26 heavy (non-hydrogen) atoms. The highest BCUT2D eigenvalue weighted by atomic mass is 16.5. The second-order valence-corrected chi connectivity index (χ2v) is 6.42. The number of pyridine rings is 1. The molecule has 1 aliphatic rings. The Kier molecular flexibility index (Phi) is 4.16. The molecule has 0 radical (unpaired) electrons. The highest BCUT2D eigenvalue weighted by molar-refractivity contribution is 5.92. The molecule has 0 aliphatic carbocycles. The maximum Gasteiger partial charge on any atom is 0.292 e. The first-order chi connectivity index (χ1) is 12.6. The molecule has 0 unspecified atom stereocenters. The monoisotopic (exact) mass is 349 g/mol. The van der Waals surface area contributed by atoms with Gasteiger partial charge in [-0.2, -0.15) is 0 Å². The van der Waals surface area contributed by atoms with Gasteiger partial charge in [0.2, 0.25) is 5.76 Å². The Morgan fingerprint density at radius 3 is 2.88 bits per heavy atom. The van der Waals surface area contributed by atoms with Crippen LogP contribution >= 0.6 is 0 Å². The van der Waals surface area contributed by atoms with Gasteiger partial charge in [-0.15, -0.1) is 0 Å². The number of aryl methyl sites for hydroxylation is 1. The zero-order chi connectivity index (χ0) is 18.1. The van der Waals surface area contributed by atoms with Crippen molar-refractivity contribution in [3.8, 4) is 16.9 Å². The molecule has 0 N–H and O–H groups in total. The number of fused-ring (bicyclic) bond motifs is 1. The number of hydrogen-bond acceptors (Lipinski definition) is 5. The Labute approximate surface area is 151 Å². The summed E-state index contributed by atoms with van der Waals surface area (Å²) in [6.07, 6.45) is 4.87. The van der Waals surface area contributed by atoms with Gasteiger partial charge in [-0.05, 0) is 37.6 Å². The van der Waals surface area contributed by atoms with E-state index in [-0.39, 0.29) is 17.7 Å². The van der Waals surface area contributed by atoms with E-state index in [9.17, 15) is 4.79 Å². The highest BCUT2D eigenvalue weighted by Gasteiger charge is 2.29. The van der Waals surface area contributed by atoms with Gasteiger partial charge in [-0.25, -0.2) is 4.98 Å². The Morgan fingerprint density at radius 1 is 1.27 bits per heavy atom. The smallest absolute Gasteiger partial charge is 0.292 e. The molecule has 1 aliphatic heterocycles. The molecule has 2 aromatic heterocycles. The molecule has 1 amide bonds. The minimum atomic E-state index is -0.171. The first-order valence-electron chi connectivity index (χ1n) is 8.50. The number of amides is 1. The molecule has 1 aromatic carbocycles. The summed E-state index contributed by atoms with van der Waals surface area (Å²) < 4.78 is 11.2. The molecule has 3 heterocycles. The standard InChI is InChI=1S/C20H19N3O3/c1-13-11-25-18-6-5-15(16-4-3-7-21-9-16)8-17(18)10-23(13)20(24)19-14(2)22-12-26-19/h3-9,12-13H,10-11H2,1-2H3/t13-/m0/s1. The molecule has 0 fully saturated rings. The lowest BCUT2D eigenvalue weighted by atomic mass is 10.0. The zero-order valence-corrected chi connectivity index (χ0v) is 14.7. The number of aromatic nitrogens is 2. The van der Waals surface area contributed by atoms with E-state index in [1.807, 2.05) is 37.4 Å². The Morgan fingerprint density at radius 2 is 2.15 bits per heavy atom. The predicted molar refractivity (Wildman–Crippen MR) is 95.7 cm³/mol. The van der Waals surface area contributed by atoms with Crippen LogP contribution in [0, 0.1) is 6.92 Å². The number of hydrogen-bond donors (Lipinski definition) is 0. The van der Waals surface area contributed by atoms with Crippen LogP contribution in [0.2, 0.25) is 0 Å². The molecular weight excluding hydrogens is 330 g/mol. The summed E-state index contributed by atoms with van der Waals surface area (Å²) in [6.45, 7) is 4.61. The molecule has 6 nitrogen and oxygen atoms in total. The third-order valence-electron chi connectivity index (χ3n) is 4.61. The lowest BCUT2D eigenvalue weighted by Crippen LogP contribution is -2.40. The average molecular weight is 349 g/mol. The molecule has 3 aromatic rings. The van der Waals surface area contributed by atoms with Gasteiger partial charge in [0, 0.05) is 23.5 Å². The number of carbonyl (C=O) groups excluding carboxylic acids is 1. The fraction of sp³-hybridized carbons (Fsp3) is 0.250. The summed E-state index contributed by atoms with van der Waals surface area (Å²) in [5.41, 5.74) is 3.62. The van der Waals surface area contributed by atoms with Crippen molar-refractivity contribution in [1.29, 1.82) is 0 Å². The van der Waals surface area contributed by atoms with Gasteiger partial charge in [-0.3, -0.25) is 9.78 Å². The van der Waals surface area contributed by atoms with E-state index in [2.05, 4.69) is 16.0 Å². The van der Waals surface area contributed by atoms with E-state index in [1.54, 1.807) is 18.0 Å². The van der Waals surface area contributed by atoms with Gasteiger partial charge in [0.25, 0.3) is 5.91 Å². The summed E-state index contributed by atoms with van der Waals surface area (Å²) in [7, 11) is 0. The van der Waals surface area contributed by atoms with Gasteiger partial charge in [-0.1, -0.05) is 12.1 Å². The Hall–Kier alpha value is -3.15. The van der Waals surface area contributed by atoms with Gasteiger partial charge in [0.15, 0.2) is 6.39 Å². The molecule has 132 valence electrons. The van der Waals surface area contributed by atoms with Crippen molar-refractivity contribution in [1.82, 2.24) is 14.9 Å². The highest BCUT2D eigenvalue weighted by Crippen LogP contribution is 2.31. The third-order valence-corrected chi connectivity index (χ3v) is 4.61. The van der Waals surface area contributed by atoms with E-state index >= 15 is 0 Å². The lowest BCUT2D eigenvalue weighted by Gasteiger charge is -2.25. The summed E-state index contributed by atoms with van der Waals surface area (Å²) in [5.74, 6) is 0.911. The topological polar surface area (TPSA) is 68.5 Å². The first kappa shape index (κ1) is 16.3. The first-order valence-corrected chi connectivity index (χ1v) is 8.50. The van der Waals surface area contributed by atoms with Crippen LogP contribution in [0.5, 0.6) is 5.75 Å². The fourth-order valence-electron chi connectivity index (χ4n) is 3.11. The maximum atomic E-state index is 12.9. The van der Waals surface area contributed by atoms with Gasteiger partial charge >= 0.3 is 0 Å². The number of ether oxygens (including phenoxy) is 1. The number of carbonyl (C=O) groups is 1. The van der Waals surface area contributed by atoms with Crippen molar-refractivity contribution in [2.24, 2.45) is 0 Å². The quantitative estimate of drug-likeness (QED) is 0.709. The molecule has 4 rings (SSSR count). The van der Waals surface area contributed by atoms with Gasteiger partial charge < -0.3 is 14.1 Å². The van der Waals surface area contributed by atoms with Crippen molar-refractivity contribution in [3.63, 3.8) is 0 Å². The average Bonchev–Trinajstić information content (AvgIpc) is 3.03. The molecule has 0 saturated carbocycles. The van der Waals surface area contributed by atoms with Crippen molar-refractivity contribution in [2.75, 3.05) is 6.61 Å². The van der Waals surface area contributed by atoms with E-state index in [0.717, 1.165) is 22.4 Å². The van der Waals surface area contributed by atoms with Crippen molar-refractivity contribution < 1.29 is 13.9 Å². The van der Waals surface area contributed by atoms with E-state index in [1.165, 1.54) is 6.39 Å². The van der Waals surface area contributed by atoms with Crippen LogP contribution < -0.4 is 4.74 Å². The normalized spacial score (nSPS) is 16.5. The second-order valence-electron chi connectivity index (χ2n) is 6.42. The Balaban J connectivity index is 1.69. The molecule has 0 bridgehead atoms. The summed E-state index contributed by atoms with van der Waals surface area (Å²) in [4.78, 5) is 22.9. The van der Waals surface area contributed by atoms with Crippen LogP contribution in [0.1, 0.15) is 28.7 Å². The van der Waals surface area contributed by atoms with Crippen LogP contribution in [0.25, 0.3) is 11.1 Å². The fourth-order valence-corrected chi connectivity index (χ4v) is 3.11. The summed E-state index contributed by atoms with van der Waals surface area (Å²) in [6, 6.07) is 9.85. The minimum Gasteiger partial charge on any atom is -0.491 e. The maximum absolute atomic E-state index is 12.9. The lowest BCUT2D eigenvalue weighted by molar-refractivity contribution is 0.0612. The van der Waals surface area contributed by atoms with Crippen molar-refractivity contribution in [3.05, 3.63) is 66.1 Å². The van der Waals surface area contributed by atoms with Crippen LogP contribution in [0.3, 0.4) is 0 Å². The van der Waals surface area contributed by atoms with E-state index in [4.69, 9.17) is 9.15 Å². The largest absolute Gasteiger partial charge is 0.491 e. The van der Waals surface area contributed by atoms with E-state index < -0.39 is 0 Å². The Bertz CT molecular complexity index is 936. The SMILES string of the molecule is Cc1ncoc1C(=O)N1Cc2cc(-c3cccnc3)ccc2OC[C@@H]1C. The third kappa shape index (κ3) is 2.94. The van der Waals surface area contributed by atoms with Gasteiger partial charge in [0.1, 0.15) is 12.4 Å². The van der Waals surface area contributed by atoms with Gasteiger partial charge in [0.05, 0.1) is 18.3 Å².